The summed E-state index contributed by atoms with van der Waals surface area (Å²) in [6, 6.07) is 0. The van der Waals surface area contributed by atoms with Crippen LogP contribution in [-0.4, -0.2) is 5.25 Å². The molecule has 1 aliphatic carbocycles. The van der Waals surface area contributed by atoms with Crippen molar-refractivity contribution in [1.29, 1.82) is 0 Å². The van der Waals surface area contributed by atoms with E-state index in [1.165, 1.54) is 4.91 Å². The molecule has 0 aromatic heterocycles. The number of fused-ring (bicyclic) bond motifs is 1. The van der Waals surface area contributed by atoms with Crippen molar-refractivity contribution in [3.63, 3.8) is 0 Å². The van der Waals surface area contributed by atoms with Gasteiger partial charge in [-0.15, -0.1) is 0 Å². The topological polar surface area (TPSA) is 0 Å². The molecule has 0 bridgehead atoms. The van der Waals surface area contributed by atoms with Gasteiger partial charge in [0.2, 0.25) is 0 Å². The molecule has 0 saturated carbocycles. The van der Waals surface area contributed by atoms with Crippen molar-refractivity contribution < 1.29 is 31.0 Å². The van der Waals surface area contributed by atoms with Gasteiger partial charge in [-0.25, -0.2) is 0 Å². The summed E-state index contributed by atoms with van der Waals surface area (Å²) in [6.07, 6.45) is 6.58. The zero-order valence-electron chi connectivity index (χ0n) is 6.03. The summed E-state index contributed by atoms with van der Waals surface area (Å²) in [7, 11) is 5.71. The Morgan fingerprint density at radius 1 is 1.56 bits per heavy atom. The van der Waals surface area contributed by atoms with Gasteiger partial charge in [-0.1, -0.05) is 29.0 Å². The van der Waals surface area contributed by atoms with Crippen LogP contribution in [0.5, 0.6) is 0 Å². The van der Waals surface area contributed by atoms with E-state index >= 15 is 0 Å². The van der Waals surface area contributed by atoms with Crippen molar-refractivity contribution >= 4 is 31.4 Å². The molecule has 1 heterocycles. The van der Waals surface area contributed by atoms with Crippen molar-refractivity contribution in [2.75, 3.05) is 0 Å². The van der Waals surface area contributed by atoms with Crippen LogP contribution in [0.3, 0.4) is 0 Å². The molecule has 0 radical (unpaired) electrons. The Hall–Kier alpha value is 1.53. The molecule has 1 atom stereocenters. The van der Waals surface area contributed by atoms with Crippen molar-refractivity contribution in [3.05, 3.63) is 23.1 Å². The molecule has 44 valence electrons. The van der Waals surface area contributed by atoms with Crippen LogP contribution in [0.1, 0.15) is 1.43 Å². The maximum Gasteiger partial charge on any atom is 1.00 e. The second-order valence-corrected chi connectivity index (χ2v) is 5.81. The SMILES string of the molecule is C1=CC2SSSC2=C1.[H-].[Na+]. The van der Waals surface area contributed by atoms with Gasteiger partial charge in [0.15, 0.2) is 0 Å². The Morgan fingerprint density at radius 2 is 2.44 bits per heavy atom. The van der Waals surface area contributed by atoms with Gasteiger partial charge in [-0.3, -0.25) is 0 Å². The first-order valence-electron chi connectivity index (χ1n) is 2.35. The minimum atomic E-state index is 0. The second-order valence-electron chi connectivity index (χ2n) is 1.62. The first-order chi connectivity index (χ1) is 3.97. The number of allylic oxidation sites excluding steroid dienone is 2. The van der Waals surface area contributed by atoms with E-state index in [0.29, 0.717) is 5.25 Å². The standard InChI is InChI=1S/C5H4S3.Na.H/c1-2-4-5(3-1)7-8-6-4;;/h1-4H;;/q;+1;-1. The van der Waals surface area contributed by atoms with Crippen LogP contribution in [0.2, 0.25) is 0 Å². The van der Waals surface area contributed by atoms with Gasteiger partial charge in [0, 0.05) is 4.91 Å². The van der Waals surface area contributed by atoms with Crippen LogP contribution in [0.25, 0.3) is 0 Å². The Morgan fingerprint density at radius 3 is 3.22 bits per heavy atom. The molecule has 1 unspecified atom stereocenters. The molecule has 0 spiro atoms. The van der Waals surface area contributed by atoms with E-state index in [0.717, 1.165) is 0 Å². The van der Waals surface area contributed by atoms with Gasteiger partial charge in [-0.2, -0.15) is 0 Å². The number of rotatable bonds is 0. The monoisotopic (exact) mass is 184 g/mol. The third-order valence-electron chi connectivity index (χ3n) is 1.10. The van der Waals surface area contributed by atoms with E-state index in [1.807, 2.05) is 31.4 Å². The van der Waals surface area contributed by atoms with Crippen LogP contribution < -0.4 is 29.6 Å². The molecular weight excluding hydrogens is 179 g/mol. The van der Waals surface area contributed by atoms with E-state index in [9.17, 15) is 0 Å². The molecule has 0 aromatic rings. The fourth-order valence-electron chi connectivity index (χ4n) is 0.697. The molecule has 1 saturated heterocycles. The summed E-state index contributed by atoms with van der Waals surface area (Å²) in [5.74, 6) is 0. The van der Waals surface area contributed by atoms with Crippen LogP contribution in [0, 0.1) is 0 Å². The first kappa shape index (κ1) is 8.62. The molecule has 0 N–H and O–H groups in total. The molecule has 0 nitrogen and oxygen atoms in total. The van der Waals surface area contributed by atoms with Gasteiger partial charge < -0.3 is 1.43 Å². The molecule has 2 aliphatic rings. The Bertz CT molecular complexity index is 168. The molecule has 0 aromatic carbocycles. The van der Waals surface area contributed by atoms with Crippen molar-refractivity contribution in [2.24, 2.45) is 0 Å². The number of hydrogen-bond acceptors (Lipinski definition) is 3. The van der Waals surface area contributed by atoms with Crippen LogP contribution in [-0.2, 0) is 0 Å². The van der Waals surface area contributed by atoms with Crippen molar-refractivity contribution in [2.45, 2.75) is 5.25 Å². The van der Waals surface area contributed by atoms with Crippen molar-refractivity contribution in [3.8, 4) is 0 Å². The van der Waals surface area contributed by atoms with Crippen LogP contribution in [0.15, 0.2) is 23.1 Å². The summed E-state index contributed by atoms with van der Waals surface area (Å²) in [6.45, 7) is 0. The maximum atomic E-state index is 2.24. The Labute approximate surface area is 89.9 Å². The van der Waals surface area contributed by atoms with Gasteiger partial charge in [-0.05, 0) is 20.6 Å². The van der Waals surface area contributed by atoms with E-state index in [1.54, 1.807) is 0 Å². The van der Waals surface area contributed by atoms with Crippen molar-refractivity contribution in [1.82, 2.24) is 0 Å². The fraction of sp³-hybridized carbons (Fsp3) is 0.200. The summed E-state index contributed by atoms with van der Waals surface area (Å²) >= 11 is 0. The van der Waals surface area contributed by atoms with Crippen LogP contribution >= 0.6 is 31.4 Å². The fourth-order valence-corrected chi connectivity index (χ4v) is 5.60. The van der Waals surface area contributed by atoms with Gasteiger partial charge in [0.05, 0.1) is 5.25 Å². The zero-order chi connectivity index (χ0) is 5.40. The molecule has 4 heteroatoms. The summed E-state index contributed by atoms with van der Waals surface area (Å²) in [5.41, 5.74) is 0. The normalized spacial score (nSPS) is 29.3. The average molecular weight is 184 g/mol. The second kappa shape index (κ2) is 3.79. The smallest absolute Gasteiger partial charge is 1.00 e. The minimum absolute atomic E-state index is 0. The largest absolute Gasteiger partial charge is 1.00 e. The van der Waals surface area contributed by atoms with Gasteiger partial charge in [0.1, 0.15) is 0 Å². The van der Waals surface area contributed by atoms with E-state index in [-0.39, 0.29) is 31.0 Å². The molecular formula is C5H5NaS3. The summed E-state index contributed by atoms with van der Waals surface area (Å²) in [4.78, 5) is 1.51. The van der Waals surface area contributed by atoms with E-state index in [2.05, 4.69) is 18.2 Å². The van der Waals surface area contributed by atoms with Gasteiger partial charge in [0.25, 0.3) is 0 Å². The molecule has 2 rings (SSSR count). The van der Waals surface area contributed by atoms with Crippen LogP contribution in [0.4, 0.5) is 0 Å². The van der Waals surface area contributed by atoms with E-state index < -0.39 is 0 Å². The third kappa shape index (κ3) is 1.76. The molecule has 1 fully saturated rings. The third-order valence-corrected chi connectivity index (χ3v) is 5.56. The molecule has 0 amide bonds. The average Bonchev–Trinajstić information content (AvgIpc) is 2.15. The summed E-state index contributed by atoms with van der Waals surface area (Å²) < 4.78 is 0. The predicted molar refractivity (Wildman–Crippen MR) is 44.9 cm³/mol. The summed E-state index contributed by atoms with van der Waals surface area (Å²) in [5, 5.41) is 0.699. The molecule has 1 aliphatic heterocycles. The number of hydrogen-bond donors (Lipinski definition) is 0. The van der Waals surface area contributed by atoms with Gasteiger partial charge >= 0.3 is 29.6 Å². The van der Waals surface area contributed by atoms with E-state index in [4.69, 9.17) is 0 Å². The zero-order valence-corrected chi connectivity index (χ0v) is 9.48. The maximum absolute atomic E-state index is 2.24. The minimum Gasteiger partial charge on any atom is -1.00 e. The Kier molecular flexibility index (Phi) is 3.63. The predicted octanol–water partition coefficient (Wildman–Crippen LogP) is -0.0316. The quantitative estimate of drug-likeness (QED) is 0.383. The molecule has 9 heavy (non-hydrogen) atoms. The Balaban J connectivity index is 0.000000405. The first-order valence-corrected chi connectivity index (χ1v) is 5.90.